The largest absolute Gasteiger partial charge is 0.416 e. The molecule has 1 heterocycles. The maximum Gasteiger partial charge on any atom is 0.416 e. The molecule has 0 radical (unpaired) electrons. The van der Waals surface area contributed by atoms with Crippen LogP contribution >= 0.6 is 31.9 Å². The van der Waals surface area contributed by atoms with Crippen molar-refractivity contribution in [3.8, 4) is 0 Å². The number of nitrogens with one attached hydrogen (secondary N) is 2. The Bertz CT molecular complexity index is 639. The van der Waals surface area contributed by atoms with Crippen molar-refractivity contribution in [3.63, 3.8) is 0 Å². The van der Waals surface area contributed by atoms with Crippen LogP contribution in [0.4, 0.5) is 30.5 Å². The van der Waals surface area contributed by atoms with Crippen molar-refractivity contribution in [2.75, 3.05) is 17.7 Å². The molecule has 8 heteroatoms. The molecule has 21 heavy (non-hydrogen) atoms. The normalized spacial score (nSPS) is 11.3. The summed E-state index contributed by atoms with van der Waals surface area (Å²) in [5.74, 6) is 0.234. The lowest BCUT2D eigenvalue weighted by atomic mass is 10.2. The first-order valence-electron chi connectivity index (χ1n) is 5.79. The maximum absolute atomic E-state index is 12.9. The Kier molecular flexibility index (Phi) is 4.77. The highest BCUT2D eigenvalue weighted by molar-refractivity contribution is 9.11. The van der Waals surface area contributed by atoms with Crippen molar-refractivity contribution >= 4 is 49.2 Å². The van der Waals surface area contributed by atoms with Crippen LogP contribution in [0.5, 0.6) is 0 Å². The van der Waals surface area contributed by atoms with Crippen LogP contribution in [-0.2, 0) is 6.18 Å². The van der Waals surface area contributed by atoms with Crippen LogP contribution in [-0.4, -0.2) is 12.0 Å². The molecule has 0 aliphatic carbocycles. The topological polar surface area (TPSA) is 37.0 Å². The molecule has 1 aromatic carbocycles. The van der Waals surface area contributed by atoms with Crippen molar-refractivity contribution in [1.29, 1.82) is 0 Å². The van der Waals surface area contributed by atoms with Crippen LogP contribution < -0.4 is 10.6 Å². The van der Waals surface area contributed by atoms with Gasteiger partial charge < -0.3 is 10.6 Å². The van der Waals surface area contributed by atoms with E-state index in [9.17, 15) is 13.2 Å². The van der Waals surface area contributed by atoms with E-state index in [1.165, 1.54) is 7.05 Å². The summed E-state index contributed by atoms with van der Waals surface area (Å²) in [5, 5.41) is 5.50. The number of benzene rings is 1. The average Bonchev–Trinajstić information content (AvgIpc) is 2.42. The standard InChI is InChI=1S/C13H10Br2F3N3/c1-19-10-5-7(13(16,17)18)6-11(20-10)21-12-8(14)3-2-4-9(12)15/h2-6H,1H3,(H2,19,20,21). The number of alkyl halides is 3. The van der Waals surface area contributed by atoms with E-state index in [2.05, 4.69) is 47.5 Å². The van der Waals surface area contributed by atoms with E-state index in [-0.39, 0.29) is 11.6 Å². The highest BCUT2D eigenvalue weighted by Crippen LogP contribution is 2.36. The van der Waals surface area contributed by atoms with Gasteiger partial charge in [0.25, 0.3) is 0 Å². The Morgan fingerprint density at radius 1 is 1.05 bits per heavy atom. The van der Waals surface area contributed by atoms with Gasteiger partial charge in [0.2, 0.25) is 0 Å². The third-order valence-electron chi connectivity index (χ3n) is 2.62. The predicted octanol–water partition coefficient (Wildman–Crippen LogP) is 5.41. The van der Waals surface area contributed by atoms with E-state index in [4.69, 9.17) is 0 Å². The fraction of sp³-hybridized carbons (Fsp3) is 0.154. The predicted molar refractivity (Wildman–Crippen MR) is 83.9 cm³/mol. The summed E-state index contributed by atoms with van der Waals surface area (Å²) in [5.41, 5.74) is -0.168. The van der Waals surface area contributed by atoms with E-state index < -0.39 is 11.7 Å². The second-order valence-corrected chi connectivity index (χ2v) is 5.80. The monoisotopic (exact) mass is 423 g/mol. The summed E-state index contributed by atoms with van der Waals surface area (Å²) in [6.07, 6.45) is -4.43. The Balaban J connectivity index is 2.45. The molecule has 2 N–H and O–H groups in total. The summed E-state index contributed by atoms with van der Waals surface area (Å²) < 4.78 is 40.1. The smallest absolute Gasteiger partial charge is 0.373 e. The number of halogens is 5. The number of para-hydroxylation sites is 1. The lowest BCUT2D eigenvalue weighted by molar-refractivity contribution is -0.137. The molecule has 0 unspecified atom stereocenters. The van der Waals surface area contributed by atoms with Gasteiger partial charge in [0.1, 0.15) is 11.6 Å². The van der Waals surface area contributed by atoms with Crippen molar-refractivity contribution in [2.24, 2.45) is 0 Å². The molecule has 0 saturated carbocycles. The molecule has 0 atom stereocenters. The van der Waals surface area contributed by atoms with Gasteiger partial charge in [0.05, 0.1) is 11.3 Å². The summed E-state index contributed by atoms with van der Waals surface area (Å²) in [7, 11) is 1.51. The van der Waals surface area contributed by atoms with Crippen LogP contribution in [0.25, 0.3) is 0 Å². The third kappa shape index (κ3) is 3.88. The van der Waals surface area contributed by atoms with Crippen LogP contribution in [0.1, 0.15) is 5.56 Å². The second-order valence-electron chi connectivity index (χ2n) is 4.10. The molecule has 0 amide bonds. The van der Waals surface area contributed by atoms with Crippen molar-refractivity contribution in [1.82, 2.24) is 4.98 Å². The zero-order chi connectivity index (χ0) is 15.6. The van der Waals surface area contributed by atoms with Gasteiger partial charge >= 0.3 is 6.18 Å². The number of aromatic nitrogens is 1. The molecule has 0 saturated heterocycles. The number of hydrogen-bond donors (Lipinski definition) is 2. The van der Waals surface area contributed by atoms with Gasteiger partial charge in [-0.25, -0.2) is 4.98 Å². The first-order valence-corrected chi connectivity index (χ1v) is 7.38. The van der Waals surface area contributed by atoms with E-state index in [0.29, 0.717) is 14.6 Å². The summed E-state index contributed by atoms with van der Waals surface area (Å²) in [6, 6.07) is 7.28. The molecule has 0 fully saturated rings. The lowest BCUT2D eigenvalue weighted by Gasteiger charge is -2.14. The van der Waals surface area contributed by atoms with Crippen LogP contribution in [0.2, 0.25) is 0 Å². The molecule has 0 aliphatic rings. The van der Waals surface area contributed by atoms with Crippen LogP contribution in [0.3, 0.4) is 0 Å². The molecule has 1 aromatic heterocycles. The second kappa shape index (κ2) is 6.23. The molecule has 2 rings (SSSR count). The SMILES string of the molecule is CNc1cc(C(F)(F)F)cc(Nc2c(Br)cccc2Br)n1. The van der Waals surface area contributed by atoms with E-state index in [1.807, 2.05) is 0 Å². The summed E-state index contributed by atoms with van der Waals surface area (Å²) in [4.78, 5) is 4.08. The first-order chi connectivity index (χ1) is 9.81. The fourth-order valence-electron chi connectivity index (χ4n) is 1.63. The number of nitrogens with zero attached hydrogens (tertiary/aromatic N) is 1. The molecule has 2 aromatic rings. The van der Waals surface area contributed by atoms with Crippen molar-refractivity contribution in [2.45, 2.75) is 6.18 Å². The minimum atomic E-state index is -4.43. The van der Waals surface area contributed by atoms with E-state index >= 15 is 0 Å². The molecule has 3 nitrogen and oxygen atoms in total. The van der Waals surface area contributed by atoms with Gasteiger partial charge in [-0.05, 0) is 56.1 Å². The molecular weight excluding hydrogens is 415 g/mol. The third-order valence-corrected chi connectivity index (χ3v) is 3.95. The minimum Gasteiger partial charge on any atom is -0.373 e. The van der Waals surface area contributed by atoms with Gasteiger partial charge in [-0.1, -0.05) is 6.07 Å². The van der Waals surface area contributed by atoms with Gasteiger partial charge in [0, 0.05) is 16.0 Å². The highest BCUT2D eigenvalue weighted by atomic mass is 79.9. The Labute approximate surface area is 136 Å². The van der Waals surface area contributed by atoms with Gasteiger partial charge in [0.15, 0.2) is 0 Å². The highest BCUT2D eigenvalue weighted by Gasteiger charge is 2.31. The van der Waals surface area contributed by atoms with Gasteiger partial charge in [-0.2, -0.15) is 13.2 Å². The molecule has 0 spiro atoms. The van der Waals surface area contributed by atoms with Crippen LogP contribution in [0.15, 0.2) is 39.3 Å². The van der Waals surface area contributed by atoms with E-state index in [1.54, 1.807) is 18.2 Å². The first kappa shape index (κ1) is 16.1. The summed E-state index contributed by atoms with van der Waals surface area (Å²) in [6.45, 7) is 0. The number of rotatable bonds is 3. The fourth-order valence-corrected chi connectivity index (χ4v) is 2.83. The van der Waals surface area contributed by atoms with Crippen molar-refractivity contribution < 1.29 is 13.2 Å². The number of hydrogen-bond acceptors (Lipinski definition) is 3. The Morgan fingerprint density at radius 3 is 2.14 bits per heavy atom. The van der Waals surface area contributed by atoms with Gasteiger partial charge in [-0.3, -0.25) is 0 Å². The zero-order valence-electron chi connectivity index (χ0n) is 10.7. The zero-order valence-corrected chi connectivity index (χ0v) is 13.9. The van der Waals surface area contributed by atoms with Gasteiger partial charge in [-0.15, -0.1) is 0 Å². The van der Waals surface area contributed by atoms with Crippen molar-refractivity contribution in [3.05, 3.63) is 44.8 Å². The van der Waals surface area contributed by atoms with Crippen LogP contribution in [0, 0.1) is 0 Å². The quantitative estimate of drug-likeness (QED) is 0.691. The minimum absolute atomic E-state index is 0.0989. The molecule has 0 aliphatic heterocycles. The Morgan fingerprint density at radius 2 is 1.62 bits per heavy atom. The maximum atomic E-state index is 12.9. The number of anilines is 3. The average molecular weight is 425 g/mol. The molecular formula is C13H10Br2F3N3. The lowest BCUT2D eigenvalue weighted by Crippen LogP contribution is -2.08. The molecule has 0 bridgehead atoms. The number of pyridine rings is 1. The molecule has 112 valence electrons. The van der Waals surface area contributed by atoms with E-state index in [0.717, 1.165) is 12.1 Å². The summed E-state index contributed by atoms with van der Waals surface area (Å²) >= 11 is 6.68. The Hall–Kier alpha value is -1.28.